The number of hydrogen-bond acceptors (Lipinski definition) is 3. The third-order valence-corrected chi connectivity index (χ3v) is 11.9. The predicted molar refractivity (Wildman–Crippen MR) is 197 cm³/mol. The van der Waals surface area contributed by atoms with Gasteiger partial charge in [0.05, 0.1) is 26.5 Å². The third-order valence-electron chi connectivity index (χ3n) is 10.1. The Morgan fingerprint density at radius 2 is 1.12 bits per heavy atom. The molecular weight excluding hydrogens is 609 g/mol. The second kappa shape index (κ2) is 9.86. The number of aryl methyl sites for hydroxylation is 1. The van der Waals surface area contributed by atoms with Crippen LogP contribution in [0.5, 0.6) is 0 Å². The number of sulfone groups is 1. The number of benzene rings is 8. The summed E-state index contributed by atoms with van der Waals surface area (Å²) < 4.78 is 30.0. The molecule has 1 aliphatic rings. The number of nitrogens with zero attached hydrogens (tertiary/aromatic N) is 2. The van der Waals surface area contributed by atoms with Gasteiger partial charge in [0.1, 0.15) is 5.82 Å². The zero-order chi connectivity index (χ0) is 32.1. The molecule has 0 saturated carbocycles. The second-order valence-electron chi connectivity index (χ2n) is 12.6. The average Bonchev–Trinajstić information content (AvgIpc) is 3.52. The summed E-state index contributed by atoms with van der Waals surface area (Å²) in [6.45, 7) is 2.06. The molecule has 1 aromatic heterocycles. The summed E-state index contributed by atoms with van der Waals surface area (Å²) in [5.74, 6) is 0.847. The van der Waals surface area contributed by atoms with Gasteiger partial charge in [-0.2, -0.15) is 0 Å². The number of rotatable bonds is 3. The predicted octanol–water partition coefficient (Wildman–Crippen LogP) is 10.7. The number of aromatic nitrogens is 2. The van der Waals surface area contributed by atoms with Gasteiger partial charge in [0.15, 0.2) is 0 Å². The Kier molecular flexibility index (Phi) is 5.62. The normalized spacial score (nSPS) is 13.5. The van der Waals surface area contributed by atoms with Crippen LogP contribution in [0.2, 0.25) is 0 Å². The Morgan fingerprint density at radius 3 is 1.81 bits per heavy atom. The van der Waals surface area contributed by atoms with Gasteiger partial charge in [0, 0.05) is 6.42 Å². The van der Waals surface area contributed by atoms with Crippen molar-refractivity contribution in [3.8, 4) is 27.9 Å². The molecule has 0 amide bonds. The second-order valence-corrected chi connectivity index (χ2v) is 14.5. The molecule has 9 aromatic rings. The van der Waals surface area contributed by atoms with Crippen molar-refractivity contribution in [2.75, 3.05) is 0 Å². The van der Waals surface area contributed by atoms with Crippen LogP contribution >= 0.6 is 0 Å². The minimum Gasteiger partial charge on any atom is -0.294 e. The highest BCUT2D eigenvalue weighted by Crippen LogP contribution is 2.47. The summed E-state index contributed by atoms with van der Waals surface area (Å²) in [6.07, 6.45) is 0.681. The van der Waals surface area contributed by atoms with Crippen LogP contribution in [0.15, 0.2) is 149 Å². The Bertz CT molecular complexity index is 2900. The summed E-state index contributed by atoms with van der Waals surface area (Å²) >= 11 is 0. The van der Waals surface area contributed by atoms with Crippen molar-refractivity contribution in [2.45, 2.75) is 23.1 Å². The Hall–Kier alpha value is -5.78. The van der Waals surface area contributed by atoms with Crippen LogP contribution in [-0.4, -0.2) is 18.0 Å². The molecule has 0 bridgehead atoms. The zero-order valence-corrected chi connectivity index (χ0v) is 26.9. The lowest BCUT2D eigenvalue weighted by atomic mass is 9.85. The van der Waals surface area contributed by atoms with E-state index in [1.807, 2.05) is 12.1 Å². The van der Waals surface area contributed by atoms with Crippen molar-refractivity contribution < 1.29 is 8.42 Å². The molecule has 0 saturated heterocycles. The lowest BCUT2D eigenvalue weighted by molar-refractivity contribution is 0.594. The standard InChI is InChI=1S/C43H28N2O2S/c1-2-40-44-36-16-9-17-39-43(36)45(40)37-25-29(21-23-38(37)48(39,46)47)42-34-14-7-5-12-32(34)41(33-13-6-8-15-35(33)42)28-20-22-31-27(24-28)19-18-26-10-3-4-11-30(26)31/h3-25H,2H2,1H3. The zero-order valence-electron chi connectivity index (χ0n) is 26.1. The topological polar surface area (TPSA) is 52.0 Å². The van der Waals surface area contributed by atoms with Crippen LogP contribution in [0.4, 0.5) is 0 Å². The van der Waals surface area contributed by atoms with E-state index in [-0.39, 0.29) is 0 Å². The molecule has 0 fully saturated rings. The van der Waals surface area contributed by atoms with Crippen LogP contribution in [0.1, 0.15) is 12.7 Å². The van der Waals surface area contributed by atoms with Crippen LogP contribution in [-0.2, 0) is 16.3 Å². The summed E-state index contributed by atoms with van der Waals surface area (Å²) in [6, 6.07) is 48.1. The molecular formula is C43H28N2O2S. The van der Waals surface area contributed by atoms with Crippen molar-refractivity contribution in [3.05, 3.63) is 145 Å². The Balaban J connectivity index is 1.27. The van der Waals surface area contributed by atoms with E-state index >= 15 is 0 Å². The quantitative estimate of drug-likeness (QED) is 0.143. The minimum atomic E-state index is -3.72. The highest BCUT2D eigenvalue weighted by Gasteiger charge is 2.33. The van der Waals surface area contributed by atoms with Crippen LogP contribution in [0.3, 0.4) is 0 Å². The van der Waals surface area contributed by atoms with Crippen molar-refractivity contribution in [3.63, 3.8) is 0 Å². The fourth-order valence-electron chi connectivity index (χ4n) is 7.97. The van der Waals surface area contributed by atoms with Gasteiger partial charge in [-0.15, -0.1) is 0 Å². The van der Waals surface area contributed by atoms with E-state index in [1.54, 1.807) is 18.2 Å². The molecule has 8 aromatic carbocycles. The first-order valence-corrected chi connectivity index (χ1v) is 17.8. The van der Waals surface area contributed by atoms with Crippen LogP contribution in [0, 0.1) is 0 Å². The molecule has 1 aliphatic heterocycles. The lowest BCUT2D eigenvalue weighted by Crippen LogP contribution is -2.16. The van der Waals surface area contributed by atoms with Crippen molar-refractivity contribution in [2.24, 2.45) is 0 Å². The van der Waals surface area contributed by atoms with Gasteiger partial charge in [-0.25, -0.2) is 13.4 Å². The molecule has 4 nitrogen and oxygen atoms in total. The molecule has 0 radical (unpaired) electrons. The van der Waals surface area contributed by atoms with E-state index in [1.165, 1.54) is 32.7 Å². The van der Waals surface area contributed by atoms with Gasteiger partial charge in [-0.1, -0.05) is 116 Å². The molecule has 2 heterocycles. The summed E-state index contributed by atoms with van der Waals surface area (Å²) in [5, 5.41) is 9.49. The smallest absolute Gasteiger partial charge is 0.210 e. The van der Waals surface area contributed by atoms with Gasteiger partial charge < -0.3 is 0 Å². The molecule has 0 aliphatic carbocycles. The number of imidazole rings is 1. The molecule has 0 unspecified atom stereocenters. The maximum Gasteiger partial charge on any atom is 0.210 e. The molecule has 10 rings (SSSR count). The van der Waals surface area contributed by atoms with E-state index < -0.39 is 9.84 Å². The van der Waals surface area contributed by atoms with E-state index in [2.05, 4.69) is 121 Å². The minimum absolute atomic E-state index is 0.313. The molecule has 5 heteroatoms. The molecule has 0 spiro atoms. The first-order valence-electron chi connectivity index (χ1n) is 16.3. The third kappa shape index (κ3) is 3.65. The van der Waals surface area contributed by atoms with E-state index in [0.717, 1.165) is 38.5 Å². The van der Waals surface area contributed by atoms with Crippen LogP contribution in [0.25, 0.3) is 82.1 Å². The van der Waals surface area contributed by atoms with Gasteiger partial charge in [0.2, 0.25) is 9.84 Å². The summed E-state index contributed by atoms with van der Waals surface area (Å²) in [4.78, 5) is 5.48. The molecule has 0 atom stereocenters. The number of para-hydroxylation sites is 1. The average molecular weight is 637 g/mol. The van der Waals surface area contributed by atoms with Gasteiger partial charge >= 0.3 is 0 Å². The summed E-state index contributed by atoms with van der Waals surface area (Å²) in [7, 11) is -3.72. The van der Waals surface area contributed by atoms with E-state index in [9.17, 15) is 8.42 Å². The first-order chi connectivity index (χ1) is 23.5. The molecule has 0 N–H and O–H groups in total. The van der Waals surface area contributed by atoms with Crippen molar-refractivity contribution in [1.29, 1.82) is 0 Å². The highest BCUT2D eigenvalue weighted by atomic mass is 32.2. The fraction of sp³-hybridized carbons (Fsp3) is 0.0465. The lowest BCUT2D eigenvalue weighted by Gasteiger charge is -2.23. The van der Waals surface area contributed by atoms with E-state index in [0.29, 0.717) is 32.9 Å². The monoisotopic (exact) mass is 636 g/mol. The van der Waals surface area contributed by atoms with Crippen molar-refractivity contribution in [1.82, 2.24) is 9.55 Å². The van der Waals surface area contributed by atoms with E-state index in [4.69, 9.17) is 4.98 Å². The maximum atomic E-state index is 14.0. The van der Waals surface area contributed by atoms with Gasteiger partial charge in [0.25, 0.3) is 0 Å². The molecule has 48 heavy (non-hydrogen) atoms. The van der Waals surface area contributed by atoms with Crippen LogP contribution < -0.4 is 0 Å². The number of hydrogen-bond donors (Lipinski definition) is 0. The molecule has 228 valence electrons. The maximum absolute atomic E-state index is 14.0. The Labute approximate surface area is 277 Å². The summed E-state index contributed by atoms with van der Waals surface area (Å²) in [5.41, 5.74) is 6.43. The largest absolute Gasteiger partial charge is 0.294 e. The number of fused-ring (bicyclic) bond motifs is 7. The fourth-order valence-corrected chi connectivity index (χ4v) is 9.59. The first kappa shape index (κ1) is 27.3. The SMILES string of the molecule is CCc1nc2cccc3c2n1-c1cc(-c2c4ccccc4c(-c4ccc5c(ccc6ccccc65)c4)c4ccccc24)ccc1S3(=O)=O. The van der Waals surface area contributed by atoms with Gasteiger partial charge in [-0.05, 0) is 95.7 Å². The van der Waals surface area contributed by atoms with Gasteiger partial charge in [-0.3, -0.25) is 4.57 Å². The van der Waals surface area contributed by atoms with Crippen molar-refractivity contribution >= 4 is 64.0 Å². The highest BCUT2D eigenvalue weighted by molar-refractivity contribution is 7.92. The Morgan fingerprint density at radius 1 is 0.542 bits per heavy atom.